The topological polar surface area (TPSA) is 35.2 Å². The van der Waals surface area contributed by atoms with E-state index in [4.69, 9.17) is 10.5 Å². The van der Waals surface area contributed by atoms with Crippen LogP contribution in [0, 0.1) is 11.8 Å². The molecule has 0 radical (unpaired) electrons. The molecule has 3 unspecified atom stereocenters. The fourth-order valence-corrected chi connectivity index (χ4v) is 4.68. The summed E-state index contributed by atoms with van der Waals surface area (Å²) in [5.41, 5.74) is 6.79. The molecule has 0 amide bonds. The molecule has 2 nitrogen and oxygen atoms in total. The summed E-state index contributed by atoms with van der Waals surface area (Å²) >= 11 is 0. The van der Waals surface area contributed by atoms with E-state index in [0.29, 0.717) is 5.92 Å². The van der Waals surface area contributed by atoms with Crippen molar-refractivity contribution in [1.82, 2.24) is 0 Å². The van der Waals surface area contributed by atoms with Gasteiger partial charge in [-0.1, -0.05) is 26.2 Å². The van der Waals surface area contributed by atoms with Gasteiger partial charge >= 0.3 is 0 Å². The Balaban J connectivity index is 2.15. The van der Waals surface area contributed by atoms with Crippen LogP contribution < -0.4 is 5.73 Å². The first-order chi connectivity index (χ1) is 8.69. The van der Waals surface area contributed by atoms with Crippen LogP contribution in [-0.4, -0.2) is 16.7 Å². The Kier molecular flexibility index (Phi) is 4.06. The Hall–Kier alpha value is -0.0800. The van der Waals surface area contributed by atoms with Gasteiger partial charge in [-0.15, -0.1) is 0 Å². The van der Waals surface area contributed by atoms with Crippen molar-refractivity contribution in [1.29, 1.82) is 0 Å². The number of rotatable bonds is 2. The van der Waals surface area contributed by atoms with Crippen molar-refractivity contribution in [3.05, 3.63) is 0 Å². The molecule has 1 aliphatic heterocycles. The molecule has 1 saturated heterocycles. The van der Waals surface area contributed by atoms with E-state index in [9.17, 15) is 0 Å². The minimum atomic E-state index is -0.0791. The van der Waals surface area contributed by atoms with Gasteiger partial charge < -0.3 is 10.5 Å². The van der Waals surface area contributed by atoms with Gasteiger partial charge in [0.15, 0.2) is 0 Å². The highest BCUT2D eigenvalue weighted by Crippen LogP contribution is 2.50. The van der Waals surface area contributed by atoms with Crippen LogP contribution in [0.25, 0.3) is 0 Å². The van der Waals surface area contributed by atoms with Crippen molar-refractivity contribution in [2.24, 2.45) is 17.6 Å². The molecule has 2 heteroatoms. The van der Waals surface area contributed by atoms with Crippen LogP contribution >= 0.6 is 0 Å². The molecule has 0 spiro atoms. The summed E-state index contributed by atoms with van der Waals surface area (Å²) in [5, 5.41) is 0. The van der Waals surface area contributed by atoms with Gasteiger partial charge in [0.25, 0.3) is 0 Å². The first-order valence-corrected chi connectivity index (χ1v) is 8.18. The van der Waals surface area contributed by atoms with Crippen LogP contribution in [0.4, 0.5) is 0 Å². The summed E-state index contributed by atoms with van der Waals surface area (Å²) in [6.07, 6.45) is 8.74. The van der Waals surface area contributed by atoms with Crippen molar-refractivity contribution < 1.29 is 4.74 Å². The predicted octanol–water partition coefficient (Wildman–Crippen LogP) is 4.27. The standard InChI is InChI=1S/C17H33NO/c1-6-13-8-7-10-17(18,11-9-13)14-12-15(2,3)19-16(14,4)5/h13-14H,6-12,18H2,1-5H3. The quantitative estimate of drug-likeness (QED) is 0.758. The molecule has 3 atom stereocenters. The third-order valence-corrected chi connectivity index (χ3v) is 5.62. The SMILES string of the molecule is CCC1CCCC(N)(C2CC(C)(C)OC2(C)C)CC1. The molecular formula is C17H33NO. The van der Waals surface area contributed by atoms with E-state index in [1.165, 1.54) is 38.5 Å². The minimum Gasteiger partial charge on any atom is -0.369 e. The van der Waals surface area contributed by atoms with Gasteiger partial charge in [-0.2, -0.15) is 0 Å². The average Bonchev–Trinajstić information content (AvgIpc) is 2.45. The molecule has 2 aliphatic rings. The Morgan fingerprint density at radius 2 is 1.79 bits per heavy atom. The number of hydrogen-bond acceptors (Lipinski definition) is 2. The van der Waals surface area contributed by atoms with E-state index < -0.39 is 0 Å². The maximum Gasteiger partial charge on any atom is 0.0680 e. The molecule has 1 saturated carbocycles. The number of ether oxygens (including phenoxy) is 1. The monoisotopic (exact) mass is 267 g/mol. The maximum atomic E-state index is 6.90. The highest BCUT2D eigenvalue weighted by atomic mass is 16.5. The lowest BCUT2D eigenvalue weighted by atomic mass is 9.69. The van der Waals surface area contributed by atoms with Gasteiger partial charge in [0.05, 0.1) is 11.2 Å². The Morgan fingerprint density at radius 3 is 2.32 bits per heavy atom. The summed E-state index contributed by atoms with van der Waals surface area (Å²) in [6.45, 7) is 11.2. The maximum absolute atomic E-state index is 6.90. The zero-order valence-corrected chi connectivity index (χ0v) is 13.6. The van der Waals surface area contributed by atoms with Crippen LogP contribution in [0.1, 0.15) is 79.6 Å². The molecule has 1 aliphatic carbocycles. The number of nitrogens with two attached hydrogens (primary N) is 1. The fourth-order valence-electron chi connectivity index (χ4n) is 4.68. The lowest BCUT2D eigenvalue weighted by Gasteiger charge is -2.41. The molecule has 1 heterocycles. The van der Waals surface area contributed by atoms with Crippen molar-refractivity contribution in [2.75, 3.05) is 0 Å². The second kappa shape index (κ2) is 5.04. The third kappa shape index (κ3) is 3.16. The fraction of sp³-hybridized carbons (Fsp3) is 1.00. The molecule has 0 aromatic carbocycles. The molecule has 0 aromatic rings. The molecule has 2 N–H and O–H groups in total. The zero-order valence-electron chi connectivity index (χ0n) is 13.6. The highest BCUT2D eigenvalue weighted by molar-refractivity contribution is 5.06. The summed E-state index contributed by atoms with van der Waals surface area (Å²) < 4.78 is 6.28. The van der Waals surface area contributed by atoms with E-state index >= 15 is 0 Å². The first kappa shape index (κ1) is 15.3. The lowest BCUT2D eigenvalue weighted by Crippen LogP contribution is -2.53. The minimum absolute atomic E-state index is 0.0127. The highest BCUT2D eigenvalue weighted by Gasteiger charge is 2.53. The zero-order chi connectivity index (χ0) is 14.3. The van der Waals surface area contributed by atoms with Gasteiger partial charge in [0.2, 0.25) is 0 Å². The van der Waals surface area contributed by atoms with E-state index in [1.54, 1.807) is 0 Å². The van der Waals surface area contributed by atoms with Crippen LogP contribution in [-0.2, 0) is 4.74 Å². The molecular weight excluding hydrogens is 234 g/mol. The molecule has 2 fully saturated rings. The van der Waals surface area contributed by atoms with Gasteiger partial charge in [-0.25, -0.2) is 0 Å². The van der Waals surface area contributed by atoms with Gasteiger partial charge in [0.1, 0.15) is 0 Å². The molecule has 2 rings (SSSR count). The van der Waals surface area contributed by atoms with Crippen molar-refractivity contribution >= 4 is 0 Å². The second-order valence-electron chi connectivity index (χ2n) is 8.16. The summed E-state index contributed by atoms with van der Waals surface area (Å²) in [7, 11) is 0. The Morgan fingerprint density at radius 1 is 1.11 bits per heavy atom. The lowest BCUT2D eigenvalue weighted by molar-refractivity contribution is -0.0828. The smallest absolute Gasteiger partial charge is 0.0680 e. The Labute approximate surface area is 119 Å². The van der Waals surface area contributed by atoms with Crippen LogP contribution in [0.15, 0.2) is 0 Å². The molecule has 0 bridgehead atoms. The van der Waals surface area contributed by atoms with Crippen molar-refractivity contribution in [3.8, 4) is 0 Å². The molecule has 0 aromatic heterocycles. The van der Waals surface area contributed by atoms with E-state index in [0.717, 1.165) is 12.3 Å². The van der Waals surface area contributed by atoms with Gasteiger partial charge in [0, 0.05) is 11.5 Å². The molecule has 19 heavy (non-hydrogen) atoms. The summed E-state index contributed by atoms with van der Waals surface area (Å²) in [5.74, 6) is 1.38. The Bertz CT molecular complexity index is 323. The van der Waals surface area contributed by atoms with Crippen LogP contribution in [0.5, 0.6) is 0 Å². The summed E-state index contributed by atoms with van der Waals surface area (Å²) in [4.78, 5) is 0. The number of hydrogen-bond donors (Lipinski definition) is 1. The first-order valence-electron chi connectivity index (χ1n) is 8.18. The van der Waals surface area contributed by atoms with E-state index in [-0.39, 0.29) is 16.7 Å². The van der Waals surface area contributed by atoms with Crippen molar-refractivity contribution in [3.63, 3.8) is 0 Å². The van der Waals surface area contributed by atoms with Gasteiger partial charge in [-0.05, 0) is 59.3 Å². The third-order valence-electron chi connectivity index (χ3n) is 5.62. The van der Waals surface area contributed by atoms with Crippen molar-refractivity contribution in [2.45, 2.75) is 96.3 Å². The largest absolute Gasteiger partial charge is 0.369 e. The predicted molar refractivity (Wildman–Crippen MR) is 81.1 cm³/mol. The second-order valence-corrected chi connectivity index (χ2v) is 8.16. The van der Waals surface area contributed by atoms with E-state index in [1.807, 2.05) is 0 Å². The van der Waals surface area contributed by atoms with E-state index in [2.05, 4.69) is 34.6 Å². The van der Waals surface area contributed by atoms with Gasteiger partial charge in [-0.3, -0.25) is 0 Å². The normalized spacial score (nSPS) is 42.0. The van der Waals surface area contributed by atoms with Crippen LogP contribution in [0.2, 0.25) is 0 Å². The average molecular weight is 267 g/mol. The summed E-state index contributed by atoms with van der Waals surface area (Å²) in [6, 6.07) is 0. The molecule has 112 valence electrons. The van der Waals surface area contributed by atoms with Crippen LogP contribution in [0.3, 0.4) is 0 Å².